The van der Waals surface area contributed by atoms with E-state index in [1.165, 1.54) is 17.0 Å². The molecule has 1 unspecified atom stereocenters. The van der Waals surface area contributed by atoms with Crippen LogP contribution < -0.4 is 5.32 Å². The third-order valence-corrected chi connectivity index (χ3v) is 5.00. The molecule has 0 heterocycles. The Morgan fingerprint density at radius 3 is 1.97 bits per heavy atom. The molecule has 0 aliphatic carbocycles. The zero-order valence-electron chi connectivity index (χ0n) is 17.5. The minimum absolute atomic E-state index is 0.115. The summed E-state index contributed by atoms with van der Waals surface area (Å²) in [6, 6.07) is 21.7. The van der Waals surface area contributed by atoms with Crippen molar-refractivity contribution >= 4 is 11.8 Å². The van der Waals surface area contributed by atoms with Gasteiger partial charge in [-0.05, 0) is 35.4 Å². The van der Waals surface area contributed by atoms with Crippen molar-refractivity contribution in [2.45, 2.75) is 25.2 Å². The lowest BCUT2D eigenvalue weighted by atomic mass is 10.0. The molecule has 0 saturated carbocycles. The average molecular weight is 440 g/mol. The van der Waals surface area contributed by atoms with Gasteiger partial charge < -0.3 is 10.2 Å². The second-order valence-corrected chi connectivity index (χ2v) is 7.47. The fourth-order valence-electron chi connectivity index (χ4n) is 3.30. The Hall–Kier alpha value is -3.61. The first-order valence-corrected chi connectivity index (χ1v) is 10.0. The van der Waals surface area contributed by atoms with Gasteiger partial charge in [0.25, 0.3) is 5.91 Å². The molecule has 2 amide bonds. The summed E-state index contributed by atoms with van der Waals surface area (Å²) in [5, 5.41) is 2.80. The number of likely N-dealkylation sites (N-methyl/N-ethyl adjacent to an activating group) is 1. The van der Waals surface area contributed by atoms with Gasteiger partial charge in [-0.1, -0.05) is 60.7 Å². The Kier molecular flexibility index (Phi) is 7.30. The van der Waals surface area contributed by atoms with Gasteiger partial charge in [-0.2, -0.15) is 13.2 Å². The first-order chi connectivity index (χ1) is 15.2. The lowest BCUT2D eigenvalue weighted by Gasteiger charge is -2.25. The summed E-state index contributed by atoms with van der Waals surface area (Å²) in [5.41, 5.74) is 1.12. The maximum atomic E-state index is 13.2. The molecule has 1 N–H and O–H groups in total. The predicted molar refractivity (Wildman–Crippen MR) is 116 cm³/mol. The summed E-state index contributed by atoms with van der Waals surface area (Å²) < 4.78 is 38.3. The van der Waals surface area contributed by atoms with Crippen molar-refractivity contribution in [1.29, 1.82) is 0 Å². The van der Waals surface area contributed by atoms with Crippen LogP contribution in [0, 0.1) is 0 Å². The number of hydrogen-bond acceptors (Lipinski definition) is 2. The van der Waals surface area contributed by atoms with Crippen LogP contribution in [0.1, 0.15) is 27.0 Å². The monoisotopic (exact) mass is 440 g/mol. The SMILES string of the molecule is CN(Cc1ccc(C(F)(F)F)cc1)C(=O)C(Cc1ccccc1)NC(=O)c1ccccc1. The number of nitrogens with one attached hydrogen (secondary N) is 1. The Labute approximate surface area is 184 Å². The number of carbonyl (C=O) groups is 2. The summed E-state index contributed by atoms with van der Waals surface area (Å²) in [6.07, 6.45) is -4.13. The molecule has 7 heteroatoms. The topological polar surface area (TPSA) is 49.4 Å². The largest absolute Gasteiger partial charge is 0.416 e. The summed E-state index contributed by atoms with van der Waals surface area (Å²) in [4.78, 5) is 27.3. The predicted octanol–water partition coefficient (Wildman–Crippen LogP) is 4.71. The van der Waals surface area contributed by atoms with Gasteiger partial charge in [-0.25, -0.2) is 0 Å². The van der Waals surface area contributed by atoms with Gasteiger partial charge >= 0.3 is 6.18 Å². The highest BCUT2D eigenvalue weighted by atomic mass is 19.4. The minimum Gasteiger partial charge on any atom is -0.340 e. The van der Waals surface area contributed by atoms with E-state index in [4.69, 9.17) is 0 Å². The van der Waals surface area contributed by atoms with Crippen LogP contribution in [0.4, 0.5) is 13.2 Å². The molecule has 0 fully saturated rings. The molecule has 1 atom stereocenters. The molecule has 3 rings (SSSR count). The maximum Gasteiger partial charge on any atom is 0.416 e. The Balaban J connectivity index is 1.75. The fourth-order valence-corrected chi connectivity index (χ4v) is 3.30. The number of hydrogen-bond donors (Lipinski definition) is 1. The molecule has 4 nitrogen and oxygen atoms in total. The van der Waals surface area contributed by atoms with Gasteiger partial charge in [0, 0.05) is 25.6 Å². The molecule has 0 bridgehead atoms. The van der Waals surface area contributed by atoms with E-state index >= 15 is 0 Å². The van der Waals surface area contributed by atoms with Gasteiger partial charge in [0.05, 0.1) is 5.56 Å². The number of carbonyl (C=O) groups excluding carboxylic acids is 2. The molecular weight excluding hydrogens is 417 g/mol. The molecule has 32 heavy (non-hydrogen) atoms. The van der Waals surface area contributed by atoms with Crippen LogP contribution in [-0.2, 0) is 23.9 Å². The van der Waals surface area contributed by atoms with Gasteiger partial charge in [0.1, 0.15) is 6.04 Å². The number of amides is 2. The lowest BCUT2D eigenvalue weighted by molar-refractivity contribution is -0.137. The summed E-state index contributed by atoms with van der Waals surface area (Å²) in [6.45, 7) is 0.115. The summed E-state index contributed by atoms with van der Waals surface area (Å²) in [5.74, 6) is -0.708. The zero-order chi connectivity index (χ0) is 23.1. The van der Waals surface area contributed by atoms with E-state index in [0.29, 0.717) is 11.1 Å². The molecule has 0 radical (unpaired) electrons. The van der Waals surface area contributed by atoms with Crippen molar-refractivity contribution in [1.82, 2.24) is 10.2 Å². The van der Waals surface area contributed by atoms with Crippen LogP contribution >= 0.6 is 0 Å². The molecule has 0 saturated heterocycles. The van der Waals surface area contributed by atoms with Gasteiger partial charge in [0.15, 0.2) is 0 Å². The second kappa shape index (κ2) is 10.1. The van der Waals surface area contributed by atoms with Crippen LogP contribution in [0.3, 0.4) is 0 Å². The van der Waals surface area contributed by atoms with Crippen LogP contribution in [-0.4, -0.2) is 29.8 Å². The number of nitrogens with zero attached hydrogens (tertiary/aromatic N) is 1. The summed E-state index contributed by atoms with van der Waals surface area (Å²) in [7, 11) is 1.56. The number of alkyl halides is 3. The van der Waals surface area contributed by atoms with Crippen LogP contribution in [0.5, 0.6) is 0 Å². The van der Waals surface area contributed by atoms with E-state index in [-0.39, 0.29) is 24.8 Å². The normalized spacial score (nSPS) is 12.1. The summed E-state index contributed by atoms with van der Waals surface area (Å²) >= 11 is 0. The highest BCUT2D eigenvalue weighted by Gasteiger charge is 2.30. The van der Waals surface area contributed by atoms with E-state index in [1.807, 2.05) is 30.3 Å². The van der Waals surface area contributed by atoms with Crippen molar-refractivity contribution in [3.05, 3.63) is 107 Å². The van der Waals surface area contributed by atoms with Crippen LogP contribution in [0.25, 0.3) is 0 Å². The third-order valence-electron chi connectivity index (χ3n) is 5.00. The van der Waals surface area contributed by atoms with E-state index in [9.17, 15) is 22.8 Å². The quantitative estimate of drug-likeness (QED) is 0.579. The zero-order valence-corrected chi connectivity index (χ0v) is 17.5. The molecular formula is C25H23F3N2O2. The standard InChI is InChI=1S/C25H23F3N2O2/c1-30(17-19-12-14-21(15-13-19)25(26,27)28)24(32)22(16-18-8-4-2-5-9-18)29-23(31)20-10-6-3-7-11-20/h2-15,22H,16-17H2,1H3,(H,29,31). The average Bonchev–Trinajstić information content (AvgIpc) is 2.79. The highest BCUT2D eigenvalue weighted by molar-refractivity contribution is 5.97. The van der Waals surface area contributed by atoms with E-state index < -0.39 is 17.8 Å². The van der Waals surface area contributed by atoms with Crippen molar-refractivity contribution in [2.24, 2.45) is 0 Å². The lowest BCUT2D eigenvalue weighted by Crippen LogP contribution is -2.48. The van der Waals surface area contributed by atoms with Crippen LogP contribution in [0.15, 0.2) is 84.9 Å². The molecule has 166 valence electrons. The van der Waals surface area contributed by atoms with E-state index in [2.05, 4.69) is 5.32 Å². The maximum absolute atomic E-state index is 13.2. The molecule has 0 spiro atoms. The van der Waals surface area contributed by atoms with Gasteiger partial charge in [-0.15, -0.1) is 0 Å². The Bertz CT molecular complexity index is 1040. The Morgan fingerprint density at radius 1 is 0.844 bits per heavy atom. The van der Waals surface area contributed by atoms with Crippen LogP contribution in [0.2, 0.25) is 0 Å². The molecule has 0 aliphatic heterocycles. The fraction of sp³-hybridized carbons (Fsp3) is 0.200. The van der Waals surface area contributed by atoms with Crippen molar-refractivity contribution in [3.63, 3.8) is 0 Å². The van der Waals surface area contributed by atoms with E-state index in [1.54, 1.807) is 37.4 Å². The first-order valence-electron chi connectivity index (χ1n) is 10.0. The van der Waals surface area contributed by atoms with Crippen molar-refractivity contribution in [3.8, 4) is 0 Å². The minimum atomic E-state index is -4.41. The molecule has 0 aromatic heterocycles. The van der Waals surface area contributed by atoms with E-state index in [0.717, 1.165) is 17.7 Å². The Morgan fingerprint density at radius 2 is 1.41 bits per heavy atom. The van der Waals surface area contributed by atoms with Crippen molar-refractivity contribution < 1.29 is 22.8 Å². The number of rotatable bonds is 7. The molecule has 3 aromatic carbocycles. The second-order valence-electron chi connectivity index (χ2n) is 7.47. The first kappa shape index (κ1) is 23.1. The van der Waals surface area contributed by atoms with Gasteiger partial charge in [0.2, 0.25) is 5.91 Å². The smallest absolute Gasteiger partial charge is 0.340 e. The molecule has 3 aromatic rings. The third kappa shape index (κ3) is 6.20. The van der Waals surface area contributed by atoms with Gasteiger partial charge in [-0.3, -0.25) is 9.59 Å². The highest BCUT2D eigenvalue weighted by Crippen LogP contribution is 2.29. The number of halogens is 3. The van der Waals surface area contributed by atoms with Crippen molar-refractivity contribution in [2.75, 3.05) is 7.05 Å². The molecule has 0 aliphatic rings. The number of benzene rings is 3.